The van der Waals surface area contributed by atoms with Crippen LogP contribution >= 0.6 is 0 Å². The Morgan fingerprint density at radius 3 is 1.26 bits per heavy atom. The number of carbonyl (C=O) groups is 2. The number of hydrogen-bond donors (Lipinski definition) is 2. The van der Waals surface area contributed by atoms with Crippen LogP contribution in [0.2, 0.25) is 0 Å². The monoisotopic (exact) mass is 705 g/mol. The van der Waals surface area contributed by atoms with Gasteiger partial charge in [-0.05, 0) is 80.3 Å². The number of rotatable bonds is 6. The van der Waals surface area contributed by atoms with E-state index in [1.54, 1.807) is 27.7 Å². The van der Waals surface area contributed by atoms with Gasteiger partial charge in [0.2, 0.25) is 0 Å². The van der Waals surface area contributed by atoms with E-state index in [1.165, 1.54) is 12.4 Å². The summed E-state index contributed by atoms with van der Waals surface area (Å²) < 4.78 is 80.3. The van der Waals surface area contributed by atoms with Crippen LogP contribution in [-0.2, 0) is 38.7 Å². The van der Waals surface area contributed by atoms with Crippen molar-refractivity contribution in [1.29, 1.82) is 0 Å². The number of phenols is 2. The van der Waals surface area contributed by atoms with Crippen LogP contribution in [0.25, 0.3) is 0 Å². The first-order valence-corrected chi connectivity index (χ1v) is 13.9. The normalized spacial score (nSPS) is 16.6. The van der Waals surface area contributed by atoms with Crippen LogP contribution in [-0.4, -0.2) is 46.7 Å². The molecule has 1 aliphatic carbocycles. The summed E-state index contributed by atoms with van der Waals surface area (Å²) in [5.74, 6) is -3.43. The Morgan fingerprint density at radius 1 is 0.739 bits per heavy atom. The molecule has 0 spiro atoms. The molecule has 0 saturated heterocycles. The number of carboxylic acids is 2. The van der Waals surface area contributed by atoms with Crippen molar-refractivity contribution in [3.05, 3.63) is 57.6 Å². The molecule has 0 aromatic heterocycles. The number of alkyl halides is 6. The molecule has 46 heavy (non-hydrogen) atoms. The van der Waals surface area contributed by atoms with Gasteiger partial charge in [-0.3, -0.25) is 9.98 Å². The number of benzene rings is 2. The number of phenolic OH excluding ortho intramolecular Hbond substituents is 2. The van der Waals surface area contributed by atoms with E-state index in [0.29, 0.717) is 19.3 Å². The third kappa shape index (κ3) is 13.4. The summed E-state index contributed by atoms with van der Waals surface area (Å²) in [6.45, 7) is 8.63. The zero-order chi connectivity index (χ0) is 34.9. The van der Waals surface area contributed by atoms with Crippen molar-refractivity contribution in [2.45, 2.75) is 97.1 Å². The second-order valence-corrected chi connectivity index (χ2v) is 10.9. The first kappa shape index (κ1) is 42.4. The van der Waals surface area contributed by atoms with Crippen molar-refractivity contribution in [3.63, 3.8) is 0 Å². The molecule has 0 bridgehead atoms. The van der Waals surface area contributed by atoms with E-state index in [1.807, 2.05) is 0 Å². The molecule has 3 rings (SSSR count). The number of aliphatic carboxylic acids is 2. The van der Waals surface area contributed by atoms with Crippen LogP contribution in [0.5, 0.6) is 11.5 Å². The second-order valence-electron chi connectivity index (χ2n) is 10.9. The van der Waals surface area contributed by atoms with E-state index >= 15 is 0 Å². The van der Waals surface area contributed by atoms with Gasteiger partial charge < -0.3 is 30.0 Å². The van der Waals surface area contributed by atoms with Crippen molar-refractivity contribution in [1.82, 2.24) is 0 Å². The van der Waals surface area contributed by atoms with Gasteiger partial charge in [-0.15, -0.1) is 0 Å². The number of carbonyl (C=O) groups excluding carboxylic acids is 2. The van der Waals surface area contributed by atoms with Crippen molar-refractivity contribution >= 4 is 24.4 Å². The van der Waals surface area contributed by atoms with Crippen LogP contribution in [0.3, 0.4) is 0 Å². The van der Waals surface area contributed by atoms with E-state index in [9.17, 15) is 36.6 Å². The van der Waals surface area contributed by atoms with E-state index in [0.717, 1.165) is 38.1 Å². The van der Waals surface area contributed by atoms with E-state index in [4.69, 9.17) is 19.8 Å². The van der Waals surface area contributed by atoms with Crippen molar-refractivity contribution < 1.29 is 73.1 Å². The summed E-state index contributed by atoms with van der Waals surface area (Å²) in [6.07, 6.45) is -4.94. The maximum atomic E-state index is 13.4. The molecule has 0 amide bonds. The summed E-state index contributed by atoms with van der Waals surface area (Å²) in [7, 11) is 0. The van der Waals surface area contributed by atoms with Crippen LogP contribution in [0.1, 0.15) is 106 Å². The molecule has 1 fully saturated rings. The fourth-order valence-electron chi connectivity index (χ4n) is 4.39. The minimum atomic E-state index is -4.60. The van der Waals surface area contributed by atoms with Crippen molar-refractivity contribution in [2.75, 3.05) is 0 Å². The Morgan fingerprint density at radius 2 is 1.02 bits per heavy atom. The predicted molar refractivity (Wildman–Crippen MR) is 152 cm³/mol. The Kier molecular flexibility index (Phi) is 16.5. The Labute approximate surface area is 273 Å². The number of aromatic hydroxyl groups is 2. The largest absolute Gasteiger partial charge is 2.00 e. The molecule has 2 atom stereocenters. The minimum Gasteiger partial charge on any atom is -0.550 e. The molecular weight excluding hydrogens is 669 g/mol. The Hall–Kier alpha value is -3.59. The SMILES string of the molecule is CC(=O)[O-].CC(=O)[O-].CC(C)c1cc(C(F)(F)F)cc(C=NC2CCCC2N=Cc2cc(C(F)(F)F)cc(C(C)C)c2O)c1O.[Co+2]. The number of nitrogens with zero attached hydrogens (tertiary/aromatic N) is 2. The zero-order valence-electron chi connectivity index (χ0n) is 25.9. The number of aliphatic imine (C=N–C) groups is 2. The topological polar surface area (TPSA) is 145 Å². The van der Waals surface area contributed by atoms with Crippen molar-refractivity contribution in [2.24, 2.45) is 9.98 Å². The average Bonchev–Trinajstić information content (AvgIpc) is 3.32. The molecule has 1 saturated carbocycles. The van der Waals surface area contributed by atoms with Crippen LogP contribution in [0.15, 0.2) is 34.3 Å². The van der Waals surface area contributed by atoms with Gasteiger partial charge >= 0.3 is 29.1 Å². The fraction of sp³-hybridized carbons (Fsp3) is 0.484. The van der Waals surface area contributed by atoms with Gasteiger partial charge in [-0.25, -0.2) is 0 Å². The summed E-state index contributed by atoms with van der Waals surface area (Å²) in [4.78, 5) is 26.6. The van der Waals surface area contributed by atoms with Gasteiger partial charge in [-0.2, -0.15) is 26.3 Å². The molecular formula is C31H36CoF6N2O6. The smallest absolute Gasteiger partial charge is 0.550 e. The minimum absolute atomic E-state index is 0. The molecule has 257 valence electrons. The van der Waals surface area contributed by atoms with Crippen LogP contribution < -0.4 is 10.2 Å². The van der Waals surface area contributed by atoms with Crippen LogP contribution in [0.4, 0.5) is 26.3 Å². The first-order valence-electron chi connectivity index (χ1n) is 13.9. The van der Waals surface area contributed by atoms with E-state index < -0.39 is 47.5 Å². The number of halogens is 6. The second kappa shape index (κ2) is 17.9. The quantitative estimate of drug-likeness (QED) is 0.306. The molecule has 2 aromatic rings. The van der Waals surface area contributed by atoms with Gasteiger partial charge in [0.15, 0.2) is 0 Å². The summed E-state index contributed by atoms with van der Waals surface area (Å²) in [6, 6.07) is 2.65. The number of hydrogen-bond acceptors (Lipinski definition) is 8. The molecule has 0 heterocycles. The molecule has 1 aliphatic rings. The van der Waals surface area contributed by atoms with Gasteiger partial charge in [0.25, 0.3) is 0 Å². The molecule has 2 aromatic carbocycles. The molecule has 8 nitrogen and oxygen atoms in total. The first-order chi connectivity index (χ1) is 20.6. The molecule has 0 aliphatic heterocycles. The fourth-order valence-corrected chi connectivity index (χ4v) is 4.39. The standard InChI is InChI=1S/C27H30F6N2O2.2C2H4O2.Co/c1-14(2)20-10-18(26(28,29)30)8-16(24(20)36)12-34-22-6-5-7-23(22)35-13-17-9-19(27(31,32)33)11-21(15(3)4)25(17)37;2*1-2(3)4;/h8-15,22-23,36-37H,5-7H2,1-4H3;2*1H3,(H,3,4);/q;;;+2/p-2. The van der Waals surface area contributed by atoms with Crippen LogP contribution in [0, 0.1) is 0 Å². The van der Waals surface area contributed by atoms with Gasteiger partial charge in [-0.1, -0.05) is 27.7 Å². The van der Waals surface area contributed by atoms with Gasteiger partial charge in [0, 0.05) is 35.5 Å². The number of carboxylic acid groups (broad SMARTS) is 2. The van der Waals surface area contributed by atoms with Gasteiger partial charge in [0.1, 0.15) is 11.5 Å². The van der Waals surface area contributed by atoms with E-state index in [-0.39, 0.29) is 62.4 Å². The summed E-state index contributed by atoms with van der Waals surface area (Å²) in [5, 5.41) is 38.8. The maximum Gasteiger partial charge on any atom is 2.00 e. The zero-order valence-corrected chi connectivity index (χ0v) is 27.0. The third-order valence-corrected chi connectivity index (χ3v) is 6.49. The van der Waals surface area contributed by atoms with E-state index in [2.05, 4.69) is 9.98 Å². The Bertz CT molecular complexity index is 1280. The molecule has 1 radical (unpaired) electrons. The third-order valence-electron chi connectivity index (χ3n) is 6.49. The molecule has 15 heteroatoms. The molecule has 2 N–H and O–H groups in total. The van der Waals surface area contributed by atoms with Gasteiger partial charge in [0.05, 0.1) is 23.2 Å². The average molecular weight is 706 g/mol. The van der Waals surface area contributed by atoms with Crippen molar-refractivity contribution in [3.8, 4) is 11.5 Å². The summed E-state index contributed by atoms with van der Waals surface area (Å²) in [5.41, 5.74) is -1.61. The predicted octanol–water partition coefficient (Wildman–Crippen LogP) is 5.35. The Balaban J connectivity index is 0.00000201. The molecule has 2 unspecified atom stereocenters. The maximum absolute atomic E-state index is 13.4. The summed E-state index contributed by atoms with van der Waals surface area (Å²) >= 11 is 0.